The normalized spacial score (nSPS) is 10.3. The number of benzene rings is 2. The number of methoxy groups -OCH3 is 3. The SMILES string of the molecule is COC(=O)c1cc(OC)c(OC)cc1NC(=O)c1cc(-c2ccc(F)cc2)on1. The zero-order chi connectivity index (χ0) is 21.0. The van der Waals surface area contributed by atoms with E-state index in [1.54, 1.807) is 0 Å². The lowest BCUT2D eigenvalue weighted by Gasteiger charge is -2.14. The van der Waals surface area contributed by atoms with E-state index in [0.717, 1.165) is 0 Å². The van der Waals surface area contributed by atoms with Crippen LogP contribution in [-0.2, 0) is 4.74 Å². The highest BCUT2D eigenvalue weighted by molar-refractivity contribution is 6.07. The molecule has 0 unspecified atom stereocenters. The second-order valence-electron chi connectivity index (χ2n) is 5.78. The van der Waals surface area contributed by atoms with E-state index in [9.17, 15) is 14.0 Å². The second kappa shape index (κ2) is 8.42. The molecule has 1 amide bonds. The van der Waals surface area contributed by atoms with Crippen molar-refractivity contribution >= 4 is 17.6 Å². The van der Waals surface area contributed by atoms with E-state index < -0.39 is 17.7 Å². The number of anilines is 1. The van der Waals surface area contributed by atoms with Crippen LogP contribution in [0.25, 0.3) is 11.3 Å². The van der Waals surface area contributed by atoms with Gasteiger partial charge in [-0.25, -0.2) is 9.18 Å². The summed E-state index contributed by atoms with van der Waals surface area (Å²) in [4.78, 5) is 24.7. The van der Waals surface area contributed by atoms with Crippen molar-refractivity contribution in [2.75, 3.05) is 26.6 Å². The Kier molecular flexibility index (Phi) is 5.77. The molecule has 3 aromatic rings. The Morgan fingerprint density at radius 1 is 1.00 bits per heavy atom. The van der Waals surface area contributed by atoms with Gasteiger partial charge >= 0.3 is 5.97 Å². The maximum absolute atomic E-state index is 13.1. The molecule has 1 aromatic heterocycles. The number of nitrogens with zero attached hydrogens (tertiary/aromatic N) is 1. The molecule has 8 nitrogen and oxygen atoms in total. The number of amides is 1. The van der Waals surface area contributed by atoms with Crippen molar-refractivity contribution in [3.63, 3.8) is 0 Å². The van der Waals surface area contributed by atoms with Gasteiger partial charge in [-0.15, -0.1) is 0 Å². The largest absolute Gasteiger partial charge is 0.493 e. The van der Waals surface area contributed by atoms with Crippen LogP contribution in [0.3, 0.4) is 0 Å². The van der Waals surface area contributed by atoms with Crippen molar-refractivity contribution in [3.8, 4) is 22.8 Å². The van der Waals surface area contributed by atoms with Crippen LogP contribution in [0.2, 0.25) is 0 Å². The van der Waals surface area contributed by atoms with Crippen LogP contribution >= 0.6 is 0 Å². The van der Waals surface area contributed by atoms with E-state index in [1.807, 2.05) is 0 Å². The number of carbonyl (C=O) groups excluding carboxylic acids is 2. The lowest BCUT2D eigenvalue weighted by molar-refractivity contribution is 0.0601. The molecule has 0 saturated carbocycles. The summed E-state index contributed by atoms with van der Waals surface area (Å²) in [5.41, 5.74) is 0.737. The highest BCUT2D eigenvalue weighted by Gasteiger charge is 2.21. The molecule has 0 aliphatic heterocycles. The first-order valence-electron chi connectivity index (χ1n) is 8.35. The molecule has 3 rings (SSSR count). The first kappa shape index (κ1) is 19.9. The van der Waals surface area contributed by atoms with Gasteiger partial charge in [-0.2, -0.15) is 0 Å². The molecule has 9 heteroatoms. The first-order chi connectivity index (χ1) is 14.0. The lowest BCUT2D eigenvalue weighted by Crippen LogP contribution is -2.16. The molecule has 0 atom stereocenters. The van der Waals surface area contributed by atoms with Crippen LogP contribution in [0, 0.1) is 5.82 Å². The predicted molar refractivity (Wildman–Crippen MR) is 101 cm³/mol. The summed E-state index contributed by atoms with van der Waals surface area (Å²) in [6.45, 7) is 0. The fourth-order valence-corrected chi connectivity index (χ4v) is 2.58. The topological polar surface area (TPSA) is 99.9 Å². The standard InChI is InChI=1S/C20H17FN2O6/c1-26-17-8-13(20(25)28-3)14(9-18(17)27-2)22-19(24)15-10-16(29-23-15)11-4-6-12(21)7-5-11/h4-10H,1-3H3,(H,22,24). The third-order valence-corrected chi connectivity index (χ3v) is 4.05. The molecule has 29 heavy (non-hydrogen) atoms. The summed E-state index contributed by atoms with van der Waals surface area (Å²) in [5, 5.41) is 6.31. The number of halogens is 1. The van der Waals surface area contributed by atoms with Gasteiger partial charge in [-0.1, -0.05) is 5.16 Å². The van der Waals surface area contributed by atoms with Gasteiger partial charge in [0.25, 0.3) is 5.91 Å². The Morgan fingerprint density at radius 3 is 2.28 bits per heavy atom. The highest BCUT2D eigenvalue weighted by atomic mass is 19.1. The minimum atomic E-state index is -0.673. The maximum atomic E-state index is 13.1. The van der Waals surface area contributed by atoms with Crippen LogP contribution in [0.5, 0.6) is 11.5 Å². The quantitative estimate of drug-likeness (QED) is 0.632. The number of hydrogen-bond donors (Lipinski definition) is 1. The molecule has 0 aliphatic rings. The average molecular weight is 400 g/mol. The molecule has 0 radical (unpaired) electrons. The monoisotopic (exact) mass is 400 g/mol. The Hall–Kier alpha value is -3.88. The molecule has 0 aliphatic carbocycles. The Bertz CT molecular complexity index is 1050. The van der Waals surface area contributed by atoms with Gasteiger partial charge < -0.3 is 24.1 Å². The Balaban J connectivity index is 1.90. The van der Waals surface area contributed by atoms with E-state index >= 15 is 0 Å². The molecule has 0 saturated heterocycles. The smallest absolute Gasteiger partial charge is 0.340 e. The fourth-order valence-electron chi connectivity index (χ4n) is 2.58. The number of rotatable bonds is 6. The number of nitrogens with one attached hydrogen (secondary N) is 1. The van der Waals surface area contributed by atoms with Crippen LogP contribution < -0.4 is 14.8 Å². The molecule has 2 aromatic carbocycles. The summed E-state index contributed by atoms with van der Waals surface area (Å²) in [5.74, 6) is -0.799. The Labute approximate surface area is 165 Å². The zero-order valence-electron chi connectivity index (χ0n) is 15.8. The van der Waals surface area contributed by atoms with Gasteiger partial charge in [0.15, 0.2) is 23.0 Å². The first-order valence-corrected chi connectivity index (χ1v) is 8.35. The number of carbonyl (C=O) groups is 2. The third kappa shape index (κ3) is 4.18. The van der Waals surface area contributed by atoms with Gasteiger partial charge in [0.05, 0.1) is 32.6 Å². The molecule has 0 fully saturated rings. The summed E-state index contributed by atoms with van der Waals surface area (Å²) < 4.78 is 33.4. The summed E-state index contributed by atoms with van der Waals surface area (Å²) in [6.07, 6.45) is 0. The van der Waals surface area contributed by atoms with Gasteiger partial charge in [0, 0.05) is 23.8 Å². The number of hydrogen-bond acceptors (Lipinski definition) is 7. The van der Waals surface area contributed by atoms with E-state index in [1.165, 1.54) is 63.8 Å². The summed E-state index contributed by atoms with van der Waals surface area (Å²) in [6, 6.07) is 9.77. The van der Waals surface area contributed by atoms with Crippen molar-refractivity contribution in [3.05, 3.63) is 59.5 Å². The minimum absolute atomic E-state index is 0.0325. The summed E-state index contributed by atoms with van der Waals surface area (Å²) >= 11 is 0. The minimum Gasteiger partial charge on any atom is -0.493 e. The zero-order valence-corrected chi connectivity index (χ0v) is 15.8. The van der Waals surface area contributed by atoms with Gasteiger partial charge in [-0.3, -0.25) is 4.79 Å². The van der Waals surface area contributed by atoms with Gasteiger partial charge in [0.2, 0.25) is 0 Å². The van der Waals surface area contributed by atoms with Crippen LogP contribution in [0.4, 0.5) is 10.1 Å². The second-order valence-corrected chi connectivity index (χ2v) is 5.78. The number of aromatic nitrogens is 1. The van der Waals surface area contributed by atoms with Crippen molar-refractivity contribution in [2.45, 2.75) is 0 Å². The summed E-state index contributed by atoms with van der Waals surface area (Å²) in [7, 11) is 4.06. The van der Waals surface area contributed by atoms with E-state index in [-0.39, 0.29) is 22.7 Å². The number of ether oxygens (including phenoxy) is 3. The van der Waals surface area contributed by atoms with Crippen molar-refractivity contribution in [1.82, 2.24) is 5.16 Å². The maximum Gasteiger partial charge on any atom is 0.340 e. The van der Waals surface area contributed by atoms with Crippen molar-refractivity contribution in [2.24, 2.45) is 0 Å². The highest BCUT2D eigenvalue weighted by Crippen LogP contribution is 2.34. The van der Waals surface area contributed by atoms with Gasteiger partial charge in [-0.05, 0) is 24.3 Å². The van der Waals surface area contributed by atoms with Crippen LogP contribution in [0.15, 0.2) is 47.0 Å². The molecular formula is C20H17FN2O6. The molecular weight excluding hydrogens is 383 g/mol. The molecule has 1 heterocycles. The van der Waals surface area contributed by atoms with Crippen LogP contribution in [0.1, 0.15) is 20.8 Å². The molecule has 0 bridgehead atoms. The van der Waals surface area contributed by atoms with Crippen LogP contribution in [-0.4, -0.2) is 38.4 Å². The lowest BCUT2D eigenvalue weighted by atomic mass is 10.1. The van der Waals surface area contributed by atoms with E-state index in [4.69, 9.17) is 18.7 Å². The average Bonchev–Trinajstić information content (AvgIpc) is 3.23. The predicted octanol–water partition coefficient (Wildman–Crippen LogP) is 3.54. The third-order valence-electron chi connectivity index (χ3n) is 4.05. The number of esters is 1. The Morgan fingerprint density at radius 2 is 1.66 bits per heavy atom. The molecule has 0 spiro atoms. The van der Waals surface area contributed by atoms with E-state index in [2.05, 4.69) is 10.5 Å². The molecule has 150 valence electrons. The van der Waals surface area contributed by atoms with Crippen molar-refractivity contribution in [1.29, 1.82) is 0 Å². The van der Waals surface area contributed by atoms with E-state index in [0.29, 0.717) is 17.1 Å². The van der Waals surface area contributed by atoms with Gasteiger partial charge in [0.1, 0.15) is 5.82 Å². The van der Waals surface area contributed by atoms with Crippen molar-refractivity contribution < 1.29 is 32.7 Å². The fraction of sp³-hybridized carbons (Fsp3) is 0.150. The molecule has 1 N–H and O–H groups in total.